The van der Waals surface area contributed by atoms with Gasteiger partial charge < -0.3 is 19.5 Å². The quantitative estimate of drug-likeness (QED) is 0.372. The van der Waals surface area contributed by atoms with Crippen LogP contribution in [-0.2, 0) is 16.1 Å². The molecule has 0 atom stereocenters. The number of carbonyl (C=O) groups excluding carboxylic acids is 2. The molecule has 0 saturated heterocycles. The van der Waals surface area contributed by atoms with Gasteiger partial charge in [0.05, 0.1) is 19.9 Å². The first-order valence-electron chi connectivity index (χ1n) is 10.8. The van der Waals surface area contributed by atoms with Crippen molar-refractivity contribution in [3.05, 3.63) is 90.3 Å². The van der Waals surface area contributed by atoms with Crippen LogP contribution in [0.2, 0.25) is 0 Å². The monoisotopic (exact) mass is 472 g/mol. The minimum absolute atomic E-state index is 0.139. The molecule has 35 heavy (non-hydrogen) atoms. The second-order valence-electron chi connectivity index (χ2n) is 7.41. The summed E-state index contributed by atoms with van der Waals surface area (Å²) in [7, 11) is 3.09. The topological polar surface area (TPSA) is 105 Å². The van der Waals surface area contributed by atoms with Crippen molar-refractivity contribution in [2.24, 2.45) is 0 Å². The number of benzene rings is 3. The Morgan fingerprint density at radius 2 is 1.57 bits per heavy atom. The summed E-state index contributed by atoms with van der Waals surface area (Å²) in [5.41, 5.74) is 2.33. The predicted octanol–water partition coefficient (Wildman–Crippen LogP) is 3.42. The molecular formula is C26H24N4O5. The molecule has 4 rings (SSSR count). The van der Waals surface area contributed by atoms with Gasteiger partial charge in [0, 0.05) is 12.1 Å². The Balaban J connectivity index is 1.42. The van der Waals surface area contributed by atoms with E-state index in [4.69, 9.17) is 14.2 Å². The van der Waals surface area contributed by atoms with Gasteiger partial charge in [-0.3, -0.25) is 4.79 Å². The number of ether oxygens (including phenoxy) is 3. The maximum absolute atomic E-state index is 12.6. The van der Waals surface area contributed by atoms with E-state index >= 15 is 0 Å². The second-order valence-corrected chi connectivity index (χ2v) is 7.41. The van der Waals surface area contributed by atoms with Gasteiger partial charge >= 0.3 is 5.97 Å². The number of carbonyl (C=O) groups is 2. The van der Waals surface area contributed by atoms with Crippen molar-refractivity contribution in [2.75, 3.05) is 20.8 Å². The number of esters is 1. The highest BCUT2D eigenvalue weighted by Gasteiger charge is 2.20. The first kappa shape index (κ1) is 23.5. The normalized spacial score (nSPS) is 10.5. The van der Waals surface area contributed by atoms with Crippen LogP contribution in [0.4, 0.5) is 0 Å². The summed E-state index contributed by atoms with van der Waals surface area (Å²) in [6, 6.07) is 24.0. The number of aromatic nitrogens is 3. The number of methoxy groups -OCH3 is 2. The van der Waals surface area contributed by atoms with Crippen LogP contribution >= 0.6 is 0 Å². The third kappa shape index (κ3) is 5.64. The molecule has 1 amide bonds. The maximum Gasteiger partial charge on any atom is 0.378 e. The number of amides is 1. The van der Waals surface area contributed by atoms with Gasteiger partial charge in [-0.15, -0.1) is 5.10 Å². The molecule has 0 saturated carbocycles. The molecule has 0 fully saturated rings. The molecule has 0 bridgehead atoms. The van der Waals surface area contributed by atoms with E-state index < -0.39 is 18.5 Å². The molecule has 0 aliphatic heterocycles. The Hall–Kier alpha value is -4.66. The van der Waals surface area contributed by atoms with Crippen LogP contribution in [0.5, 0.6) is 11.5 Å². The highest BCUT2D eigenvalue weighted by atomic mass is 16.5. The van der Waals surface area contributed by atoms with Crippen LogP contribution in [0.3, 0.4) is 0 Å². The molecule has 1 heterocycles. The number of nitrogens with one attached hydrogen (secondary N) is 1. The molecule has 0 aliphatic carbocycles. The zero-order chi connectivity index (χ0) is 24.6. The molecule has 9 heteroatoms. The van der Waals surface area contributed by atoms with Crippen molar-refractivity contribution in [2.45, 2.75) is 6.54 Å². The van der Waals surface area contributed by atoms with Crippen LogP contribution in [0.25, 0.3) is 17.1 Å². The van der Waals surface area contributed by atoms with Gasteiger partial charge in [-0.05, 0) is 29.8 Å². The summed E-state index contributed by atoms with van der Waals surface area (Å²) in [5.74, 6) is 0.243. The molecule has 4 aromatic rings. The minimum Gasteiger partial charge on any atom is -0.493 e. The van der Waals surface area contributed by atoms with Crippen molar-refractivity contribution < 1.29 is 23.8 Å². The molecule has 0 spiro atoms. The van der Waals surface area contributed by atoms with Gasteiger partial charge in [-0.1, -0.05) is 54.6 Å². The Morgan fingerprint density at radius 1 is 0.886 bits per heavy atom. The summed E-state index contributed by atoms with van der Waals surface area (Å²) in [5, 5.41) is 7.04. The van der Waals surface area contributed by atoms with Gasteiger partial charge in [0.15, 0.2) is 23.9 Å². The lowest BCUT2D eigenvalue weighted by molar-refractivity contribution is -0.124. The number of nitrogens with zero attached hydrogens (tertiary/aromatic N) is 3. The van der Waals surface area contributed by atoms with E-state index in [-0.39, 0.29) is 12.4 Å². The molecule has 0 radical (unpaired) electrons. The zero-order valence-electron chi connectivity index (χ0n) is 19.3. The van der Waals surface area contributed by atoms with Crippen molar-refractivity contribution >= 4 is 11.9 Å². The van der Waals surface area contributed by atoms with Gasteiger partial charge in [0.2, 0.25) is 0 Å². The summed E-state index contributed by atoms with van der Waals surface area (Å²) >= 11 is 0. The van der Waals surface area contributed by atoms with Gasteiger partial charge in [0.1, 0.15) is 0 Å². The summed E-state index contributed by atoms with van der Waals surface area (Å²) in [4.78, 5) is 29.3. The van der Waals surface area contributed by atoms with E-state index in [2.05, 4.69) is 15.4 Å². The number of hydrogen-bond acceptors (Lipinski definition) is 7. The Bertz CT molecular complexity index is 1250. The van der Waals surface area contributed by atoms with Crippen LogP contribution in [0, 0.1) is 0 Å². The molecule has 3 aromatic carbocycles. The van der Waals surface area contributed by atoms with Crippen molar-refractivity contribution in [1.82, 2.24) is 20.1 Å². The highest BCUT2D eigenvalue weighted by Crippen LogP contribution is 2.27. The van der Waals surface area contributed by atoms with E-state index in [1.54, 1.807) is 30.0 Å². The van der Waals surface area contributed by atoms with Crippen molar-refractivity contribution in [3.8, 4) is 28.6 Å². The SMILES string of the molecule is COc1ccc(CNC(=O)COC(=O)c2nc(-c3ccccc3)n(-c3ccccc3)n2)cc1OC. The van der Waals surface area contributed by atoms with Crippen molar-refractivity contribution in [3.63, 3.8) is 0 Å². The first-order valence-corrected chi connectivity index (χ1v) is 10.8. The third-order valence-electron chi connectivity index (χ3n) is 5.09. The van der Waals surface area contributed by atoms with Gasteiger partial charge in [-0.25, -0.2) is 14.5 Å². The van der Waals surface area contributed by atoms with E-state index in [0.717, 1.165) is 16.8 Å². The Labute approximate surface area is 202 Å². The summed E-state index contributed by atoms with van der Waals surface area (Å²) in [6.45, 7) is -0.234. The molecule has 1 aromatic heterocycles. The highest BCUT2D eigenvalue weighted by molar-refractivity contribution is 5.88. The van der Waals surface area contributed by atoms with Gasteiger partial charge in [-0.2, -0.15) is 0 Å². The fourth-order valence-electron chi connectivity index (χ4n) is 3.36. The van der Waals surface area contributed by atoms with Crippen molar-refractivity contribution in [1.29, 1.82) is 0 Å². The lowest BCUT2D eigenvalue weighted by Gasteiger charge is -2.10. The van der Waals surface area contributed by atoms with Crippen LogP contribution < -0.4 is 14.8 Å². The maximum atomic E-state index is 12.6. The summed E-state index contributed by atoms with van der Waals surface area (Å²) in [6.07, 6.45) is 0. The Kier molecular flexibility index (Phi) is 7.37. The van der Waals surface area contributed by atoms with Crippen LogP contribution in [0.15, 0.2) is 78.9 Å². The standard InChI is InChI=1S/C26H24N4O5/c1-33-21-14-13-18(15-22(21)34-2)16-27-23(31)17-35-26(32)24-28-25(19-9-5-3-6-10-19)30(29-24)20-11-7-4-8-12-20/h3-15H,16-17H2,1-2H3,(H,27,31). The molecule has 1 N–H and O–H groups in total. The average molecular weight is 473 g/mol. The Morgan fingerprint density at radius 3 is 2.26 bits per heavy atom. The summed E-state index contributed by atoms with van der Waals surface area (Å²) < 4.78 is 17.2. The molecule has 0 unspecified atom stereocenters. The second kappa shape index (κ2) is 11.0. The number of hydrogen-bond donors (Lipinski definition) is 1. The third-order valence-corrected chi connectivity index (χ3v) is 5.09. The number of rotatable bonds is 9. The minimum atomic E-state index is -0.793. The fourth-order valence-corrected chi connectivity index (χ4v) is 3.36. The average Bonchev–Trinajstić information content (AvgIpc) is 3.37. The first-order chi connectivity index (χ1) is 17.1. The van der Waals surface area contributed by atoms with E-state index in [0.29, 0.717) is 17.3 Å². The molecular weight excluding hydrogens is 448 g/mol. The smallest absolute Gasteiger partial charge is 0.378 e. The van der Waals surface area contributed by atoms with Gasteiger partial charge in [0.25, 0.3) is 11.7 Å². The van der Waals surface area contributed by atoms with Crippen LogP contribution in [-0.4, -0.2) is 47.5 Å². The van der Waals surface area contributed by atoms with E-state index in [9.17, 15) is 9.59 Å². The zero-order valence-corrected chi connectivity index (χ0v) is 19.3. The fraction of sp³-hybridized carbons (Fsp3) is 0.154. The molecule has 0 aliphatic rings. The lowest BCUT2D eigenvalue weighted by Crippen LogP contribution is -2.28. The molecule has 178 valence electrons. The lowest BCUT2D eigenvalue weighted by atomic mass is 10.2. The largest absolute Gasteiger partial charge is 0.493 e. The van der Waals surface area contributed by atoms with E-state index in [1.807, 2.05) is 60.7 Å². The van der Waals surface area contributed by atoms with Crippen LogP contribution in [0.1, 0.15) is 16.2 Å². The van der Waals surface area contributed by atoms with E-state index in [1.165, 1.54) is 7.11 Å². The number of para-hydroxylation sites is 1. The molecule has 9 nitrogen and oxygen atoms in total. The predicted molar refractivity (Wildman–Crippen MR) is 128 cm³/mol.